The van der Waals surface area contributed by atoms with Crippen LogP contribution in [0.15, 0.2) is 28.9 Å². The second kappa shape index (κ2) is 4.83. The topological polar surface area (TPSA) is 111 Å². The Hall–Kier alpha value is -1.58. The first-order chi connectivity index (χ1) is 8.81. The molecule has 0 radical (unpaired) electrons. The van der Waals surface area contributed by atoms with Gasteiger partial charge in [0.05, 0.1) is 17.9 Å². The third kappa shape index (κ3) is 3.06. The number of nitrogens with one attached hydrogen (secondary N) is 1. The summed E-state index contributed by atoms with van der Waals surface area (Å²) in [6.07, 6.45) is 3.97. The van der Waals surface area contributed by atoms with Crippen LogP contribution in [0, 0.1) is 0 Å². The first-order valence-electron chi connectivity index (χ1n) is 5.33. The number of sulfonamides is 1. The van der Waals surface area contributed by atoms with Crippen LogP contribution < -0.4 is 10.5 Å². The van der Waals surface area contributed by atoms with Crippen molar-refractivity contribution in [2.75, 3.05) is 5.73 Å². The molecule has 0 spiro atoms. The van der Waals surface area contributed by atoms with E-state index in [2.05, 4.69) is 19.7 Å². The Kier molecular flexibility index (Phi) is 3.52. The monoisotopic (exact) mass is 299 g/mol. The summed E-state index contributed by atoms with van der Waals surface area (Å²) in [5.74, 6) is 0.0260. The lowest BCUT2D eigenvalue weighted by atomic mass is 10.1. The second-order valence-corrected chi connectivity index (χ2v) is 6.92. The molecule has 102 valence electrons. The molecule has 0 aliphatic carbocycles. The molecule has 0 atom stereocenters. The van der Waals surface area contributed by atoms with Crippen molar-refractivity contribution in [3.63, 3.8) is 0 Å². The van der Waals surface area contributed by atoms with Gasteiger partial charge in [0.25, 0.3) is 0 Å². The van der Waals surface area contributed by atoms with E-state index in [1.54, 1.807) is 25.4 Å². The lowest BCUT2D eigenvalue weighted by Crippen LogP contribution is -2.40. The van der Waals surface area contributed by atoms with E-state index in [1.165, 1.54) is 23.7 Å². The average molecular weight is 299 g/mol. The molecule has 9 heteroatoms. The van der Waals surface area contributed by atoms with Crippen molar-refractivity contribution in [3.05, 3.63) is 29.0 Å². The van der Waals surface area contributed by atoms with Crippen LogP contribution in [-0.2, 0) is 15.6 Å². The van der Waals surface area contributed by atoms with Gasteiger partial charge < -0.3 is 5.73 Å². The third-order valence-electron chi connectivity index (χ3n) is 2.31. The van der Waals surface area contributed by atoms with Gasteiger partial charge in [0.15, 0.2) is 0 Å². The number of thiazole rings is 1. The summed E-state index contributed by atoms with van der Waals surface area (Å²) < 4.78 is 27.0. The fraction of sp³-hybridized carbons (Fsp3) is 0.300. The molecule has 0 saturated heterocycles. The first-order valence-corrected chi connectivity index (χ1v) is 7.69. The minimum atomic E-state index is -3.72. The molecule has 0 fully saturated rings. The molecule has 0 aliphatic heterocycles. The van der Waals surface area contributed by atoms with E-state index in [9.17, 15) is 8.42 Å². The van der Waals surface area contributed by atoms with Crippen molar-refractivity contribution in [3.8, 4) is 0 Å². The lowest BCUT2D eigenvalue weighted by molar-refractivity contribution is 0.469. The van der Waals surface area contributed by atoms with Gasteiger partial charge in [-0.25, -0.2) is 23.4 Å². The normalized spacial score (nSPS) is 12.5. The minimum absolute atomic E-state index is 0.0260. The smallest absolute Gasteiger partial charge is 0.244 e. The van der Waals surface area contributed by atoms with Gasteiger partial charge in [-0.2, -0.15) is 4.72 Å². The SMILES string of the molecule is CC(C)(NS(=O)(=O)c1cnc(N)nc1)c1nccs1. The molecule has 0 bridgehead atoms. The zero-order chi connectivity index (χ0) is 14.1. The fourth-order valence-corrected chi connectivity index (χ4v) is 3.49. The summed E-state index contributed by atoms with van der Waals surface area (Å²) in [4.78, 5) is 11.4. The van der Waals surface area contributed by atoms with E-state index in [1.807, 2.05) is 0 Å². The van der Waals surface area contributed by atoms with Gasteiger partial charge in [-0.15, -0.1) is 11.3 Å². The number of nitrogen functional groups attached to an aromatic ring is 1. The maximum atomic E-state index is 12.2. The van der Waals surface area contributed by atoms with Crippen molar-refractivity contribution in [2.45, 2.75) is 24.3 Å². The number of hydrogen-bond acceptors (Lipinski definition) is 7. The van der Waals surface area contributed by atoms with E-state index in [-0.39, 0.29) is 10.8 Å². The Morgan fingerprint density at radius 2 is 1.89 bits per heavy atom. The second-order valence-electron chi connectivity index (χ2n) is 4.34. The van der Waals surface area contributed by atoms with E-state index in [0.29, 0.717) is 5.01 Å². The number of nitrogens with two attached hydrogens (primary N) is 1. The highest BCUT2D eigenvalue weighted by Gasteiger charge is 2.30. The van der Waals surface area contributed by atoms with Crippen LogP contribution in [0.4, 0.5) is 5.95 Å². The highest BCUT2D eigenvalue weighted by molar-refractivity contribution is 7.89. The van der Waals surface area contributed by atoms with Gasteiger partial charge in [0.2, 0.25) is 16.0 Å². The number of hydrogen-bond donors (Lipinski definition) is 2. The van der Waals surface area contributed by atoms with Crippen molar-refractivity contribution < 1.29 is 8.42 Å². The molecule has 2 heterocycles. The predicted octanol–water partition coefficient (Wildman–Crippen LogP) is 0.729. The summed E-state index contributed by atoms with van der Waals surface area (Å²) in [5, 5.41) is 2.46. The van der Waals surface area contributed by atoms with Gasteiger partial charge in [-0.05, 0) is 13.8 Å². The highest BCUT2D eigenvalue weighted by Crippen LogP contribution is 2.24. The Bertz CT molecular complexity index is 650. The fourth-order valence-electron chi connectivity index (χ4n) is 1.44. The molecule has 0 aliphatic rings. The van der Waals surface area contributed by atoms with Gasteiger partial charge in [-0.3, -0.25) is 0 Å². The zero-order valence-corrected chi connectivity index (χ0v) is 12.0. The lowest BCUT2D eigenvalue weighted by Gasteiger charge is -2.23. The standard InChI is InChI=1S/C10H13N5O2S2/c1-10(2,8-12-3-4-18-8)15-19(16,17)7-5-13-9(11)14-6-7/h3-6,15H,1-2H3,(H2,11,13,14). The van der Waals surface area contributed by atoms with Crippen molar-refractivity contribution in [2.24, 2.45) is 0 Å². The number of nitrogens with zero attached hydrogens (tertiary/aromatic N) is 3. The van der Waals surface area contributed by atoms with Gasteiger partial charge in [-0.1, -0.05) is 0 Å². The molecule has 3 N–H and O–H groups in total. The predicted molar refractivity (Wildman–Crippen MR) is 71.9 cm³/mol. The number of rotatable bonds is 4. The van der Waals surface area contributed by atoms with Crippen LogP contribution in [0.25, 0.3) is 0 Å². The summed E-state index contributed by atoms with van der Waals surface area (Å²) in [5.41, 5.74) is 4.52. The largest absolute Gasteiger partial charge is 0.368 e. The molecule has 7 nitrogen and oxygen atoms in total. The summed E-state index contributed by atoms with van der Waals surface area (Å²) in [7, 11) is -3.72. The summed E-state index contributed by atoms with van der Waals surface area (Å²) in [6.45, 7) is 3.48. The molecule has 2 rings (SSSR count). The van der Waals surface area contributed by atoms with Gasteiger partial charge in [0, 0.05) is 11.6 Å². The first kappa shape index (κ1) is 13.8. The van der Waals surface area contributed by atoms with Gasteiger partial charge in [0.1, 0.15) is 9.90 Å². The molecule has 19 heavy (non-hydrogen) atoms. The van der Waals surface area contributed by atoms with Crippen LogP contribution in [0.1, 0.15) is 18.9 Å². The molecule has 0 amide bonds. The van der Waals surface area contributed by atoms with Crippen LogP contribution in [0.2, 0.25) is 0 Å². The summed E-state index contributed by atoms with van der Waals surface area (Å²) in [6, 6.07) is 0. The van der Waals surface area contributed by atoms with E-state index >= 15 is 0 Å². The molecule has 0 saturated carbocycles. The van der Waals surface area contributed by atoms with Crippen molar-refractivity contribution in [1.29, 1.82) is 0 Å². The molecule has 0 unspecified atom stereocenters. The molecule has 2 aromatic heterocycles. The highest BCUT2D eigenvalue weighted by atomic mass is 32.2. The number of aromatic nitrogens is 3. The minimum Gasteiger partial charge on any atom is -0.368 e. The quantitative estimate of drug-likeness (QED) is 0.861. The van der Waals surface area contributed by atoms with E-state index < -0.39 is 15.6 Å². The Morgan fingerprint density at radius 1 is 1.26 bits per heavy atom. The van der Waals surface area contributed by atoms with Crippen molar-refractivity contribution in [1.82, 2.24) is 19.7 Å². The van der Waals surface area contributed by atoms with Crippen LogP contribution >= 0.6 is 11.3 Å². The Labute approximate surface area is 115 Å². The van der Waals surface area contributed by atoms with Crippen LogP contribution in [-0.4, -0.2) is 23.4 Å². The molecule has 0 aromatic carbocycles. The van der Waals surface area contributed by atoms with Crippen molar-refractivity contribution >= 4 is 27.3 Å². The molecular formula is C10H13N5O2S2. The Morgan fingerprint density at radius 3 is 2.42 bits per heavy atom. The van der Waals surface area contributed by atoms with E-state index in [0.717, 1.165) is 0 Å². The van der Waals surface area contributed by atoms with Crippen LogP contribution in [0.5, 0.6) is 0 Å². The van der Waals surface area contributed by atoms with E-state index in [4.69, 9.17) is 5.73 Å². The average Bonchev–Trinajstić information content (AvgIpc) is 2.82. The zero-order valence-electron chi connectivity index (χ0n) is 10.4. The number of anilines is 1. The molecular weight excluding hydrogens is 286 g/mol. The Balaban J connectivity index is 2.29. The molecule has 2 aromatic rings. The maximum absolute atomic E-state index is 12.2. The van der Waals surface area contributed by atoms with Crippen LogP contribution in [0.3, 0.4) is 0 Å². The van der Waals surface area contributed by atoms with Gasteiger partial charge >= 0.3 is 0 Å². The maximum Gasteiger partial charge on any atom is 0.244 e. The summed E-state index contributed by atoms with van der Waals surface area (Å²) >= 11 is 1.38. The third-order valence-corrected chi connectivity index (χ3v) is 5.02.